The Morgan fingerprint density at radius 1 is 1.00 bits per heavy atom. The smallest absolute Gasteiger partial charge is 0.245 e. The number of halogens is 1. The fraction of sp³-hybridized carbons (Fsp3) is 0.409. The Balaban J connectivity index is 1.26. The van der Waals surface area contributed by atoms with Gasteiger partial charge in [0.15, 0.2) is 0 Å². The molecule has 0 bridgehead atoms. The molecule has 2 aromatic carbocycles. The summed E-state index contributed by atoms with van der Waals surface area (Å²) in [5.74, 6) is -0.289. The van der Waals surface area contributed by atoms with Crippen molar-refractivity contribution in [3.05, 3.63) is 47.5 Å². The van der Waals surface area contributed by atoms with Crippen molar-refractivity contribution in [1.29, 1.82) is 0 Å². The molecule has 3 aromatic rings. The molecule has 2 saturated heterocycles. The van der Waals surface area contributed by atoms with E-state index in [0.29, 0.717) is 48.5 Å². The number of piperazine rings is 1. The summed E-state index contributed by atoms with van der Waals surface area (Å²) in [5, 5.41) is 0.701. The van der Waals surface area contributed by atoms with Crippen molar-refractivity contribution in [2.24, 2.45) is 5.92 Å². The molecule has 2 aliphatic rings. The first-order valence-corrected chi connectivity index (χ1v) is 13.5. The van der Waals surface area contributed by atoms with Crippen molar-refractivity contribution in [2.75, 3.05) is 44.2 Å². The average molecular weight is 506 g/mol. The van der Waals surface area contributed by atoms with Gasteiger partial charge < -0.3 is 9.80 Å². The summed E-state index contributed by atoms with van der Waals surface area (Å²) in [5.41, 5.74) is 2.06. The summed E-state index contributed by atoms with van der Waals surface area (Å²) in [6.45, 7) is 3.32. The van der Waals surface area contributed by atoms with Gasteiger partial charge in [-0.25, -0.2) is 8.42 Å². The van der Waals surface area contributed by atoms with Crippen LogP contribution >= 0.6 is 23.3 Å². The lowest BCUT2D eigenvalue weighted by atomic mass is 9.97. The number of benzene rings is 2. The molecule has 8 nitrogen and oxygen atoms in total. The summed E-state index contributed by atoms with van der Waals surface area (Å²) in [6.07, 6.45) is 1.36. The number of fused-ring (bicyclic) bond motifs is 1. The third-order valence-corrected chi connectivity index (χ3v) is 9.07. The molecular weight excluding hydrogens is 482 g/mol. The van der Waals surface area contributed by atoms with E-state index in [0.717, 1.165) is 30.5 Å². The third kappa shape index (κ3) is 4.44. The van der Waals surface area contributed by atoms with Crippen LogP contribution in [0.15, 0.2) is 47.4 Å². The number of amides is 1. The Morgan fingerprint density at radius 3 is 2.52 bits per heavy atom. The Bertz CT molecular complexity index is 1260. The van der Waals surface area contributed by atoms with E-state index in [2.05, 4.69) is 13.6 Å². The summed E-state index contributed by atoms with van der Waals surface area (Å²) in [6, 6.07) is 12.7. The van der Waals surface area contributed by atoms with E-state index in [1.807, 2.05) is 29.2 Å². The fourth-order valence-electron chi connectivity index (χ4n) is 4.59. The van der Waals surface area contributed by atoms with E-state index < -0.39 is 10.0 Å². The number of anilines is 1. The van der Waals surface area contributed by atoms with Crippen LogP contribution in [0.4, 0.5) is 5.69 Å². The highest BCUT2D eigenvalue weighted by Gasteiger charge is 2.36. The molecule has 1 unspecified atom stereocenters. The summed E-state index contributed by atoms with van der Waals surface area (Å²) >= 11 is 6.98. The second kappa shape index (κ2) is 9.17. The van der Waals surface area contributed by atoms with Gasteiger partial charge in [0, 0.05) is 50.0 Å². The zero-order chi connectivity index (χ0) is 23.0. The maximum atomic E-state index is 13.4. The SMILES string of the molecule is O=C(C1CCCN(S(=O)(=O)c2cccc3nsnc23)C1)N1CCN(c2ccc(Cl)cc2)CC1. The van der Waals surface area contributed by atoms with Gasteiger partial charge in [0.2, 0.25) is 15.9 Å². The topological polar surface area (TPSA) is 86.7 Å². The van der Waals surface area contributed by atoms with Crippen LogP contribution < -0.4 is 4.90 Å². The van der Waals surface area contributed by atoms with Crippen LogP contribution in [0.2, 0.25) is 5.02 Å². The normalized spacial score (nSPS) is 20.3. The van der Waals surface area contributed by atoms with Crippen LogP contribution in [0.25, 0.3) is 11.0 Å². The molecule has 3 heterocycles. The minimum absolute atomic E-state index is 0.0409. The van der Waals surface area contributed by atoms with E-state index in [4.69, 9.17) is 11.6 Å². The molecule has 0 N–H and O–H groups in total. The Kier molecular flexibility index (Phi) is 6.26. The van der Waals surface area contributed by atoms with Gasteiger partial charge in [0.1, 0.15) is 15.9 Å². The van der Waals surface area contributed by atoms with Gasteiger partial charge in [0.25, 0.3) is 0 Å². The molecule has 1 atom stereocenters. The number of hydrogen-bond acceptors (Lipinski definition) is 7. The standard InChI is InChI=1S/C22H24ClN5O3S2/c23-17-6-8-18(9-7-17)26-11-13-27(14-12-26)22(29)16-3-2-10-28(15-16)33(30,31)20-5-1-4-19-21(20)25-32-24-19/h1,4-9,16H,2-3,10-15H2. The second-order valence-electron chi connectivity index (χ2n) is 8.38. The van der Waals surface area contributed by atoms with E-state index in [1.54, 1.807) is 18.2 Å². The van der Waals surface area contributed by atoms with E-state index in [-0.39, 0.29) is 23.3 Å². The highest BCUT2D eigenvalue weighted by Crippen LogP contribution is 2.29. The zero-order valence-electron chi connectivity index (χ0n) is 17.9. The first-order valence-electron chi connectivity index (χ1n) is 10.9. The molecule has 5 rings (SSSR count). The first kappa shape index (κ1) is 22.5. The fourth-order valence-corrected chi connectivity index (χ4v) is 6.99. The maximum Gasteiger partial charge on any atom is 0.245 e. The minimum Gasteiger partial charge on any atom is -0.368 e. The summed E-state index contributed by atoms with van der Waals surface area (Å²) < 4.78 is 36.6. The van der Waals surface area contributed by atoms with Crippen molar-refractivity contribution in [2.45, 2.75) is 17.7 Å². The maximum absolute atomic E-state index is 13.4. The molecule has 2 aliphatic heterocycles. The predicted octanol–water partition coefficient (Wildman–Crippen LogP) is 3.09. The lowest BCUT2D eigenvalue weighted by molar-refractivity contribution is -0.137. The number of sulfonamides is 1. The Labute approximate surface area is 202 Å². The predicted molar refractivity (Wildman–Crippen MR) is 129 cm³/mol. The number of nitrogens with zero attached hydrogens (tertiary/aromatic N) is 5. The van der Waals surface area contributed by atoms with Crippen LogP contribution in [0.3, 0.4) is 0 Å². The summed E-state index contributed by atoms with van der Waals surface area (Å²) in [4.78, 5) is 17.5. The second-order valence-corrected chi connectivity index (χ2v) is 11.3. The average Bonchev–Trinajstić information content (AvgIpc) is 3.33. The van der Waals surface area contributed by atoms with E-state index in [9.17, 15) is 13.2 Å². The number of carbonyl (C=O) groups excluding carboxylic acids is 1. The van der Waals surface area contributed by atoms with Crippen LogP contribution in [0.1, 0.15) is 12.8 Å². The number of carbonyl (C=O) groups is 1. The monoisotopic (exact) mass is 505 g/mol. The molecule has 0 saturated carbocycles. The van der Waals surface area contributed by atoms with Crippen molar-refractivity contribution >= 4 is 56.0 Å². The number of hydrogen-bond donors (Lipinski definition) is 0. The molecule has 1 amide bonds. The van der Waals surface area contributed by atoms with Gasteiger partial charge in [-0.15, -0.1) is 0 Å². The van der Waals surface area contributed by atoms with Crippen LogP contribution in [-0.4, -0.2) is 71.5 Å². The van der Waals surface area contributed by atoms with Crippen molar-refractivity contribution in [1.82, 2.24) is 18.0 Å². The van der Waals surface area contributed by atoms with Gasteiger partial charge in [-0.05, 0) is 49.2 Å². The van der Waals surface area contributed by atoms with Gasteiger partial charge in [0.05, 0.1) is 17.6 Å². The van der Waals surface area contributed by atoms with Gasteiger partial charge in [-0.1, -0.05) is 17.7 Å². The highest BCUT2D eigenvalue weighted by atomic mass is 35.5. The van der Waals surface area contributed by atoms with E-state index in [1.165, 1.54) is 4.31 Å². The number of aromatic nitrogens is 2. The molecule has 0 radical (unpaired) electrons. The number of piperidine rings is 1. The first-order chi connectivity index (χ1) is 15.9. The van der Waals surface area contributed by atoms with Crippen LogP contribution in [0, 0.1) is 5.92 Å². The van der Waals surface area contributed by atoms with Crippen LogP contribution in [-0.2, 0) is 14.8 Å². The highest BCUT2D eigenvalue weighted by molar-refractivity contribution is 7.89. The quantitative estimate of drug-likeness (QED) is 0.541. The van der Waals surface area contributed by atoms with Gasteiger partial charge >= 0.3 is 0 Å². The summed E-state index contributed by atoms with van der Waals surface area (Å²) in [7, 11) is -3.76. The molecular formula is C22H24ClN5O3S2. The molecule has 33 heavy (non-hydrogen) atoms. The van der Waals surface area contributed by atoms with E-state index >= 15 is 0 Å². The van der Waals surface area contributed by atoms with Crippen molar-refractivity contribution in [3.8, 4) is 0 Å². The van der Waals surface area contributed by atoms with Crippen molar-refractivity contribution in [3.63, 3.8) is 0 Å². The largest absolute Gasteiger partial charge is 0.368 e. The lowest BCUT2D eigenvalue weighted by Gasteiger charge is -2.39. The molecule has 0 spiro atoms. The van der Waals surface area contributed by atoms with Crippen molar-refractivity contribution < 1.29 is 13.2 Å². The zero-order valence-corrected chi connectivity index (χ0v) is 20.3. The van der Waals surface area contributed by atoms with Gasteiger partial charge in [-0.3, -0.25) is 4.79 Å². The van der Waals surface area contributed by atoms with Gasteiger partial charge in [-0.2, -0.15) is 13.1 Å². The van der Waals surface area contributed by atoms with Crippen LogP contribution in [0.5, 0.6) is 0 Å². The molecule has 174 valence electrons. The molecule has 1 aromatic heterocycles. The third-order valence-electron chi connectivity index (χ3n) is 6.38. The minimum atomic E-state index is -3.76. The Hall–Kier alpha value is -2.27. The Morgan fingerprint density at radius 2 is 1.76 bits per heavy atom. The number of rotatable bonds is 4. The molecule has 0 aliphatic carbocycles. The molecule has 11 heteroatoms. The molecule has 2 fully saturated rings. The lowest BCUT2D eigenvalue weighted by Crippen LogP contribution is -2.53.